The standard InChI is InChI=1S/C15H26N4OS/c1-3-18(4-2)12-6-9-19(10-7-12)15(20)13-11-21-14(17-13)5-8-16/h11-12H,3-10,16H2,1-2H3. The first kappa shape index (κ1) is 16.4. The second kappa shape index (κ2) is 7.87. The van der Waals surface area contributed by atoms with E-state index < -0.39 is 0 Å². The average molecular weight is 310 g/mol. The van der Waals surface area contributed by atoms with Gasteiger partial charge in [0.25, 0.3) is 5.91 Å². The molecule has 2 rings (SSSR count). The molecule has 1 aromatic rings. The molecule has 0 bridgehead atoms. The number of amides is 1. The lowest BCUT2D eigenvalue weighted by atomic mass is 10.0. The molecule has 0 unspecified atom stereocenters. The van der Waals surface area contributed by atoms with Crippen molar-refractivity contribution in [3.8, 4) is 0 Å². The van der Waals surface area contributed by atoms with Crippen LogP contribution in [0.2, 0.25) is 0 Å². The van der Waals surface area contributed by atoms with E-state index in [1.165, 1.54) is 11.3 Å². The summed E-state index contributed by atoms with van der Waals surface area (Å²) >= 11 is 1.53. The van der Waals surface area contributed by atoms with E-state index in [1.54, 1.807) is 0 Å². The van der Waals surface area contributed by atoms with Gasteiger partial charge in [-0.15, -0.1) is 11.3 Å². The van der Waals surface area contributed by atoms with Crippen LogP contribution in [0.15, 0.2) is 5.38 Å². The lowest BCUT2D eigenvalue weighted by Crippen LogP contribution is -2.46. The number of rotatable bonds is 6. The normalized spacial score (nSPS) is 16.7. The molecule has 0 spiro atoms. The number of nitrogens with two attached hydrogens (primary N) is 1. The summed E-state index contributed by atoms with van der Waals surface area (Å²) in [6.07, 6.45) is 2.88. The van der Waals surface area contributed by atoms with Crippen molar-refractivity contribution >= 4 is 17.2 Å². The highest BCUT2D eigenvalue weighted by molar-refractivity contribution is 7.09. The number of carbonyl (C=O) groups is 1. The fraction of sp³-hybridized carbons (Fsp3) is 0.733. The molecule has 2 heterocycles. The van der Waals surface area contributed by atoms with Crippen molar-refractivity contribution in [1.82, 2.24) is 14.8 Å². The molecule has 1 aromatic heterocycles. The number of hydrogen-bond acceptors (Lipinski definition) is 5. The quantitative estimate of drug-likeness (QED) is 0.867. The van der Waals surface area contributed by atoms with E-state index in [2.05, 4.69) is 23.7 Å². The third kappa shape index (κ3) is 4.02. The second-order valence-electron chi connectivity index (χ2n) is 5.41. The molecule has 1 amide bonds. The van der Waals surface area contributed by atoms with Crippen LogP contribution in [0.25, 0.3) is 0 Å². The molecule has 118 valence electrons. The predicted molar refractivity (Wildman–Crippen MR) is 86.7 cm³/mol. The van der Waals surface area contributed by atoms with Crippen LogP contribution in [0.3, 0.4) is 0 Å². The number of nitrogens with zero attached hydrogens (tertiary/aromatic N) is 3. The summed E-state index contributed by atoms with van der Waals surface area (Å²) in [4.78, 5) is 21.3. The Balaban J connectivity index is 1.90. The van der Waals surface area contributed by atoms with Crippen LogP contribution in [0, 0.1) is 0 Å². The van der Waals surface area contributed by atoms with Crippen molar-refractivity contribution in [2.45, 2.75) is 39.2 Å². The lowest BCUT2D eigenvalue weighted by molar-refractivity contribution is 0.0626. The van der Waals surface area contributed by atoms with Gasteiger partial charge in [-0.1, -0.05) is 13.8 Å². The highest BCUT2D eigenvalue weighted by atomic mass is 32.1. The topological polar surface area (TPSA) is 62.5 Å². The van der Waals surface area contributed by atoms with Gasteiger partial charge in [0, 0.05) is 30.9 Å². The zero-order chi connectivity index (χ0) is 15.2. The SMILES string of the molecule is CCN(CC)C1CCN(C(=O)c2csc(CCN)n2)CC1. The van der Waals surface area contributed by atoms with Gasteiger partial charge in [0.15, 0.2) is 0 Å². The molecule has 1 aliphatic heterocycles. The maximum atomic E-state index is 12.5. The summed E-state index contributed by atoms with van der Waals surface area (Å²) in [5.74, 6) is 0.0764. The van der Waals surface area contributed by atoms with Crippen LogP contribution < -0.4 is 5.73 Å². The van der Waals surface area contributed by atoms with Crippen LogP contribution in [0.5, 0.6) is 0 Å². The fourth-order valence-corrected chi connectivity index (χ4v) is 3.77. The minimum atomic E-state index is 0.0764. The van der Waals surface area contributed by atoms with Crippen molar-refractivity contribution in [2.24, 2.45) is 5.73 Å². The Bertz CT molecular complexity index is 450. The maximum Gasteiger partial charge on any atom is 0.273 e. The smallest absolute Gasteiger partial charge is 0.273 e. The Hall–Kier alpha value is -0.980. The monoisotopic (exact) mass is 310 g/mol. The number of thiazole rings is 1. The first-order chi connectivity index (χ1) is 10.2. The zero-order valence-corrected chi connectivity index (χ0v) is 13.9. The van der Waals surface area contributed by atoms with Gasteiger partial charge in [0.2, 0.25) is 0 Å². The fourth-order valence-electron chi connectivity index (χ4n) is 2.98. The molecule has 0 aliphatic carbocycles. The molecule has 1 fully saturated rings. The Morgan fingerprint density at radius 1 is 1.43 bits per heavy atom. The molecule has 21 heavy (non-hydrogen) atoms. The highest BCUT2D eigenvalue weighted by Gasteiger charge is 2.27. The number of carbonyl (C=O) groups excluding carboxylic acids is 1. The Kier molecular flexibility index (Phi) is 6.14. The largest absolute Gasteiger partial charge is 0.337 e. The van der Waals surface area contributed by atoms with E-state index >= 15 is 0 Å². The third-order valence-corrected chi connectivity index (χ3v) is 5.12. The number of hydrogen-bond donors (Lipinski definition) is 1. The van der Waals surface area contributed by atoms with Crippen molar-refractivity contribution in [1.29, 1.82) is 0 Å². The lowest BCUT2D eigenvalue weighted by Gasteiger charge is -2.37. The van der Waals surface area contributed by atoms with Gasteiger partial charge in [-0.3, -0.25) is 4.79 Å². The molecule has 0 atom stereocenters. The van der Waals surface area contributed by atoms with Crippen molar-refractivity contribution in [2.75, 3.05) is 32.7 Å². The Morgan fingerprint density at radius 2 is 2.10 bits per heavy atom. The van der Waals surface area contributed by atoms with Crippen LogP contribution in [0.4, 0.5) is 0 Å². The van der Waals surface area contributed by atoms with Crippen molar-refractivity contribution in [3.63, 3.8) is 0 Å². The summed E-state index contributed by atoms with van der Waals surface area (Å²) in [6, 6.07) is 0.618. The van der Waals surface area contributed by atoms with Gasteiger partial charge >= 0.3 is 0 Å². The minimum Gasteiger partial charge on any atom is -0.337 e. The number of likely N-dealkylation sites (tertiary alicyclic amines) is 1. The van der Waals surface area contributed by atoms with E-state index in [0.29, 0.717) is 18.3 Å². The summed E-state index contributed by atoms with van der Waals surface area (Å²) < 4.78 is 0. The van der Waals surface area contributed by atoms with Crippen LogP contribution in [0.1, 0.15) is 42.2 Å². The van der Waals surface area contributed by atoms with E-state index in [1.807, 2.05) is 10.3 Å². The Labute approximate surface area is 131 Å². The molecular formula is C15H26N4OS. The summed E-state index contributed by atoms with van der Waals surface area (Å²) in [5.41, 5.74) is 6.11. The first-order valence-corrected chi connectivity index (χ1v) is 8.75. The molecule has 1 aliphatic rings. The third-order valence-electron chi connectivity index (χ3n) is 4.21. The average Bonchev–Trinajstić information content (AvgIpc) is 2.97. The molecule has 0 saturated carbocycles. The van der Waals surface area contributed by atoms with Crippen LogP contribution in [-0.4, -0.2) is 59.5 Å². The van der Waals surface area contributed by atoms with Crippen molar-refractivity contribution < 1.29 is 4.79 Å². The van der Waals surface area contributed by atoms with E-state index in [-0.39, 0.29) is 5.91 Å². The van der Waals surface area contributed by atoms with Gasteiger partial charge in [-0.25, -0.2) is 4.98 Å². The molecule has 0 aromatic carbocycles. The second-order valence-corrected chi connectivity index (χ2v) is 6.35. The zero-order valence-electron chi connectivity index (χ0n) is 13.0. The first-order valence-electron chi connectivity index (χ1n) is 7.87. The molecule has 2 N–H and O–H groups in total. The van der Waals surface area contributed by atoms with Crippen molar-refractivity contribution in [3.05, 3.63) is 16.1 Å². The molecule has 5 nitrogen and oxygen atoms in total. The predicted octanol–water partition coefficient (Wildman–Crippen LogP) is 1.59. The number of piperidine rings is 1. The highest BCUT2D eigenvalue weighted by Crippen LogP contribution is 2.19. The van der Waals surface area contributed by atoms with Gasteiger partial charge < -0.3 is 15.5 Å². The van der Waals surface area contributed by atoms with E-state index in [0.717, 1.165) is 50.4 Å². The molecular weight excluding hydrogens is 284 g/mol. The maximum absolute atomic E-state index is 12.5. The minimum absolute atomic E-state index is 0.0764. The molecule has 1 saturated heterocycles. The summed E-state index contributed by atoms with van der Waals surface area (Å²) in [7, 11) is 0. The summed E-state index contributed by atoms with van der Waals surface area (Å²) in [5, 5.41) is 2.82. The van der Waals surface area contributed by atoms with Gasteiger partial charge in [0.05, 0.1) is 5.01 Å². The van der Waals surface area contributed by atoms with Gasteiger partial charge in [0.1, 0.15) is 5.69 Å². The molecule has 6 heteroatoms. The summed E-state index contributed by atoms with van der Waals surface area (Å²) in [6.45, 7) is 8.84. The van der Waals surface area contributed by atoms with Crippen LogP contribution in [-0.2, 0) is 6.42 Å². The molecule has 0 radical (unpaired) electrons. The number of aromatic nitrogens is 1. The van der Waals surface area contributed by atoms with Gasteiger partial charge in [-0.2, -0.15) is 0 Å². The van der Waals surface area contributed by atoms with E-state index in [9.17, 15) is 4.79 Å². The van der Waals surface area contributed by atoms with Crippen LogP contribution >= 0.6 is 11.3 Å². The Morgan fingerprint density at radius 3 is 2.67 bits per heavy atom. The van der Waals surface area contributed by atoms with Gasteiger partial charge in [-0.05, 0) is 32.5 Å². The van der Waals surface area contributed by atoms with E-state index in [4.69, 9.17) is 5.73 Å².